The second-order valence-electron chi connectivity index (χ2n) is 5.86. The van der Waals surface area contributed by atoms with E-state index in [9.17, 15) is 0 Å². The van der Waals surface area contributed by atoms with Gasteiger partial charge in [0.25, 0.3) is 0 Å². The van der Waals surface area contributed by atoms with Crippen LogP contribution >= 0.6 is 35.7 Å². The predicted octanol–water partition coefficient (Wildman–Crippen LogP) is 2.74. The molecule has 0 radical (unpaired) electrons. The quantitative estimate of drug-likeness (QED) is 0.237. The number of thioether (sulfide) groups is 1. The lowest BCUT2D eigenvalue weighted by molar-refractivity contribution is 0.414. The van der Waals surface area contributed by atoms with Crippen LogP contribution in [-0.2, 0) is 20.1 Å². The lowest BCUT2D eigenvalue weighted by Crippen LogP contribution is -2.38. The number of hydrogen-bond donors (Lipinski definition) is 2. The van der Waals surface area contributed by atoms with Crippen molar-refractivity contribution in [3.8, 4) is 5.75 Å². The zero-order valence-electron chi connectivity index (χ0n) is 16.4. The fraction of sp³-hybridized carbons (Fsp3) is 0.500. The molecule has 2 rings (SSSR count). The Morgan fingerprint density at radius 1 is 1.22 bits per heavy atom. The molecule has 0 aliphatic heterocycles. The number of guanidine groups is 1. The molecule has 7 nitrogen and oxygen atoms in total. The second kappa shape index (κ2) is 12.8. The van der Waals surface area contributed by atoms with Crippen LogP contribution in [0, 0.1) is 6.92 Å². The molecule has 0 aliphatic rings. The maximum atomic E-state index is 5.19. The summed E-state index contributed by atoms with van der Waals surface area (Å²) in [4.78, 5) is 4.69. The van der Waals surface area contributed by atoms with E-state index in [0.717, 1.165) is 47.6 Å². The summed E-state index contributed by atoms with van der Waals surface area (Å²) in [6.45, 7) is 4.00. The minimum atomic E-state index is 0. The third kappa shape index (κ3) is 7.96. The van der Waals surface area contributed by atoms with Gasteiger partial charge in [0.2, 0.25) is 0 Å². The van der Waals surface area contributed by atoms with Crippen LogP contribution in [0.1, 0.15) is 23.6 Å². The van der Waals surface area contributed by atoms with Gasteiger partial charge in [-0.1, -0.05) is 12.1 Å². The van der Waals surface area contributed by atoms with Gasteiger partial charge in [-0.2, -0.15) is 11.8 Å². The summed E-state index contributed by atoms with van der Waals surface area (Å²) in [6.07, 6.45) is 3.21. The lowest BCUT2D eigenvalue weighted by atomic mass is 10.2. The number of aromatic nitrogens is 3. The molecular weight excluding hydrogens is 475 g/mol. The van der Waals surface area contributed by atoms with E-state index in [1.54, 1.807) is 7.11 Å². The van der Waals surface area contributed by atoms with Crippen LogP contribution in [0.25, 0.3) is 0 Å². The zero-order chi connectivity index (χ0) is 18.8. The summed E-state index contributed by atoms with van der Waals surface area (Å²) >= 11 is 1.85. The Kier molecular flexibility index (Phi) is 11.2. The number of nitrogens with one attached hydrogen (secondary N) is 2. The average molecular weight is 504 g/mol. The van der Waals surface area contributed by atoms with E-state index in [2.05, 4.69) is 32.1 Å². The molecule has 0 fully saturated rings. The van der Waals surface area contributed by atoms with Crippen LogP contribution in [0.5, 0.6) is 5.75 Å². The van der Waals surface area contributed by atoms with Crippen molar-refractivity contribution < 1.29 is 4.74 Å². The largest absolute Gasteiger partial charge is 0.497 e. The van der Waals surface area contributed by atoms with Crippen molar-refractivity contribution in [3.05, 3.63) is 41.5 Å². The highest BCUT2D eigenvalue weighted by molar-refractivity contribution is 14.0. The SMILES string of the molecule is COc1ccc(CN=C(NCCCSC)NCc2nnc(C)n2C)cc1.I. The van der Waals surface area contributed by atoms with Crippen LogP contribution in [0.2, 0.25) is 0 Å². The number of benzene rings is 1. The van der Waals surface area contributed by atoms with Gasteiger partial charge in [-0.05, 0) is 43.0 Å². The fourth-order valence-corrected chi connectivity index (χ4v) is 2.70. The number of ether oxygens (including phenoxy) is 1. The highest BCUT2D eigenvalue weighted by Crippen LogP contribution is 2.11. The van der Waals surface area contributed by atoms with Gasteiger partial charge in [-0.25, -0.2) is 4.99 Å². The average Bonchev–Trinajstić information content (AvgIpc) is 2.99. The normalized spacial score (nSPS) is 11.0. The molecule has 0 unspecified atom stereocenters. The maximum Gasteiger partial charge on any atom is 0.191 e. The molecule has 2 aromatic rings. The van der Waals surface area contributed by atoms with Crippen molar-refractivity contribution in [1.82, 2.24) is 25.4 Å². The third-order valence-electron chi connectivity index (χ3n) is 3.99. The van der Waals surface area contributed by atoms with Gasteiger partial charge in [0.1, 0.15) is 11.6 Å². The number of hydrogen-bond acceptors (Lipinski definition) is 5. The first-order valence-electron chi connectivity index (χ1n) is 8.63. The van der Waals surface area contributed by atoms with Gasteiger partial charge >= 0.3 is 0 Å². The topological polar surface area (TPSA) is 76.4 Å². The number of nitrogens with zero attached hydrogens (tertiary/aromatic N) is 4. The van der Waals surface area contributed by atoms with Crippen molar-refractivity contribution >= 4 is 41.7 Å². The Balaban J connectivity index is 0.00000364. The number of aryl methyl sites for hydroxylation is 1. The molecule has 0 spiro atoms. The molecule has 150 valence electrons. The van der Waals surface area contributed by atoms with E-state index >= 15 is 0 Å². The molecular formula is C18H29IN6OS. The van der Waals surface area contributed by atoms with E-state index in [4.69, 9.17) is 4.74 Å². The minimum absolute atomic E-state index is 0. The Labute approximate surface area is 182 Å². The molecule has 0 saturated heterocycles. The van der Waals surface area contributed by atoms with Gasteiger partial charge in [0, 0.05) is 13.6 Å². The van der Waals surface area contributed by atoms with Crippen LogP contribution in [0.3, 0.4) is 0 Å². The van der Waals surface area contributed by atoms with Crippen molar-refractivity contribution in [2.24, 2.45) is 12.0 Å². The number of aliphatic imine (C=N–C) groups is 1. The van der Waals surface area contributed by atoms with Gasteiger partial charge in [0.15, 0.2) is 11.8 Å². The lowest BCUT2D eigenvalue weighted by Gasteiger charge is -2.12. The van der Waals surface area contributed by atoms with Crippen LogP contribution in [0.15, 0.2) is 29.3 Å². The summed E-state index contributed by atoms with van der Waals surface area (Å²) < 4.78 is 7.17. The molecule has 1 aromatic heterocycles. The summed E-state index contributed by atoms with van der Waals surface area (Å²) in [5.74, 6) is 4.53. The summed E-state index contributed by atoms with van der Waals surface area (Å²) in [5, 5.41) is 15.0. The molecule has 1 aromatic carbocycles. The van der Waals surface area contributed by atoms with Crippen molar-refractivity contribution in [1.29, 1.82) is 0 Å². The van der Waals surface area contributed by atoms with E-state index in [1.807, 2.05) is 54.6 Å². The monoisotopic (exact) mass is 504 g/mol. The second-order valence-corrected chi connectivity index (χ2v) is 6.85. The van der Waals surface area contributed by atoms with E-state index < -0.39 is 0 Å². The summed E-state index contributed by atoms with van der Waals surface area (Å²) in [7, 11) is 3.63. The van der Waals surface area contributed by atoms with Crippen molar-refractivity contribution in [3.63, 3.8) is 0 Å². The molecule has 0 amide bonds. The molecule has 0 saturated carbocycles. The molecule has 1 heterocycles. The molecule has 9 heteroatoms. The van der Waals surface area contributed by atoms with Crippen LogP contribution in [-0.4, -0.2) is 46.4 Å². The van der Waals surface area contributed by atoms with Crippen LogP contribution < -0.4 is 15.4 Å². The summed E-state index contributed by atoms with van der Waals surface area (Å²) in [6, 6.07) is 7.96. The van der Waals surface area contributed by atoms with Crippen molar-refractivity contribution in [2.45, 2.75) is 26.4 Å². The van der Waals surface area contributed by atoms with E-state index in [1.165, 1.54) is 0 Å². The highest BCUT2D eigenvalue weighted by Gasteiger charge is 2.06. The summed E-state index contributed by atoms with van der Waals surface area (Å²) in [5.41, 5.74) is 1.13. The van der Waals surface area contributed by atoms with Gasteiger partial charge in [-0.15, -0.1) is 34.2 Å². The minimum Gasteiger partial charge on any atom is -0.497 e. The fourth-order valence-electron chi connectivity index (χ4n) is 2.27. The number of halogens is 1. The number of rotatable bonds is 9. The molecule has 2 N–H and O–H groups in total. The highest BCUT2D eigenvalue weighted by atomic mass is 127. The first kappa shape index (κ1) is 23.5. The Hall–Kier alpha value is -1.49. The first-order chi connectivity index (χ1) is 12.6. The molecule has 0 atom stereocenters. The van der Waals surface area contributed by atoms with E-state index in [-0.39, 0.29) is 24.0 Å². The zero-order valence-corrected chi connectivity index (χ0v) is 19.5. The van der Waals surface area contributed by atoms with Crippen LogP contribution in [0.4, 0.5) is 0 Å². The van der Waals surface area contributed by atoms with Gasteiger partial charge < -0.3 is 19.9 Å². The standard InChI is InChI=1S/C18H28N6OS.HI/c1-14-22-23-17(24(14)2)13-21-18(19-10-5-11-26-4)20-12-15-6-8-16(25-3)9-7-15;/h6-9H,5,10-13H2,1-4H3,(H2,19,20,21);1H. The van der Waals surface area contributed by atoms with E-state index in [0.29, 0.717) is 13.1 Å². The van der Waals surface area contributed by atoms with Gasteiger partial charge in [-0.3, -0.25) is 0 Å². The first-order valence-corrected chi connectivity index (χ1v) is 10.0. The Morgan fingerprint density at radius 3 is 2.56 bits per heavy atom. The Bertz CT molecular complexity index is 704. The smallest absolute Gasteiger partial charge is 0.191 e. The van der Waals surface area contributed by atoms with Crippen molar-refractivity contribution in [2.75, 3.05) is 25.7 Å². The predicted molar refractivity (Wildman–Crippen MR) is 123 cm³/mol. The Morgan fingerprint density at radius 2 is 1.96 bits per heavy atom. The third-order valence-corrected chi connectivity index (χ3v) is 4.69. The molecule has 0 bridgehead atoms. The molecule has 0 aliphatic carbocycles. The van der Waals surface area contributed by atoms with Gasteiger partial charge in [0.05, 0.1) is 20.2 Å². The maximum absolute atomic E-state index is 5.19. The molecule has 27 heavy (non-hydrogen) atoms. The number of methoxy groups -OCH3 is 1.